The van der Waals surface area contributed by atoms with Crippen LogP contribution in [0.25, 0.3) is 11.0 Å². The van der Waals surface area contributed by atoms with Crippen molar-refractivity contribution in [3.05, 3.63) is 71.5 Å². The van der Waals surface area contributed by atoms with E-state index in [-0.39, 0.29) is 23.9 Å². The minimum absolute atomic E-state index is 0.00395. The van der Waals surface area contributed by atoms with Crippen LogP contribution in [0.3, 0.4) is 0 Å². The van der Waals surface area contributed by atoms with Gasteiger partial charge in [-0.05, 0) is 25.0 Å². The predicted molar refractivity (Wildman–Crippen MR) is 98.8 cm³/mol. The number of furan rings is 1. The Bertz CT molecular complexity index is 962. The van der Waals surface area contributed by atoms with Crippen molar-refractivity contribution in [2.24, 2.45) is 0 Å². The normalized spacial score (nSPS) is 20.0. The van der Waals surface area contributed by atoms with E-state index < -0.39 is 0 Å². The van der Waals surface area contributed by atoms with Gasteiger partial charge in [0, 0.05) is 17.4 Å². The molecule has 2 N–H and O–H groups in total. The fourth-order valence-electron chi connectivity index (χ4n) is 3.56. The van der Waals surface area contributed by atoms with Gasteiger partial charge >= 0.3 is 0 Å². The van der Waals surface area contributed by atoms with E-state index in [9.17, 15) is 9.59 Å². The van der Waals surface area contributed by atoms with Crippen LogP contribution in [0.4, 0.5) is 0 Å². The molecule has 2 atom stereocenters. The maximum absolute atomic E-state index is 12.8. The van der Waals surface area contributed by atoms with Crippen molar-refractivity contribution in [2.75, 3.05) is 0 Å². The molecular formula is C21H20N2O3. The van der Waals surface area contributed by atoms with Gasteiger partial charge in [0.25, 0.3) is 5.91 Å². The van der Waals surface area contributed by atoms with Crippen LogP contribution < -0.4 is 10.6 Å². The minimum Gasteiger partial charge on any atom is -0.451 e. The zero-order valence-corrected chi connectivity index (χ0v) is 14.5. The Morgan fingerprint density at radius 3 is 2.62 bits per heavy atom. The third kappa shape index (κ3) is 2.96. The van der Waals surface area contributed by atoms with E-state index in [2.05, 4.69) is 10.6 Å². The van der Waals surface area contributed by atoms with Gasteiger partial charge in [-0.1, -0.05) is 48.5 Å². The fraction of sp³-hybridized carbons (Fsp3) is 0.238. The SMILES string of the molecule is Cc1c(C(=O)N[C@H]2CCC(=O)N[C@@H]2c2ccccc2)oc2ccccc12. The number of nitrogens with one attached hydrogen (secondary N) is 2. The number of hydrogen-bond acceptors (Lipinski definition) is 3. The lowest BCUT2D eigenvalue weighted by Crippen LogP contribution is -2.50. The standard InChI is InChI=1S/C21H20N2O3/c1-13-15-9-5-6-10-17(15)26-20(13)21(25)22-16-11-12-18(24)23-19(16)14-7-3-2-4-8-14/h2-10,16,19H,11-12H2,1H3,(H,22,25)(H,23,24)/t16-,19+/m0/s1. The molecule has 2 aromatic carbocycles. The molecule has 1 aliphatic heterocycles. The molecule has 1 aliphatic rings. The van der Waals surface area contributed by atoms with Crippen LogP contribution in [0.15, 0.2) is 59.0 Å². The summed E-state index contributed by atoms with van der Waals surface area (Å²) in [5.41, 5.74) is 2.51. The first-order valence-electron chi connectivity index (χ1n) is 8.77. The Balaban J connectivity index is 1.60. The van der Waals surface area contributed by atoms with E-state index in [1.54, 1.807) is 0 Å². The number of rotatable bonds is 3. The first kappa shape index (κ1) is 16.4. The van der Waals surface area contributed by atoms with Gasteiger partial charge in [-0.2, -0.15) is 0 Å². The van der Waals surface area contributed by atoms with E-state index >= 15 is 0 Å². The highest BCUT2D eigenvalue weighted by atomic mass is 16.3. The summed E-state index contributed by atoms with van der Waals surface area (Å²) in [7, 11) is 0. The van der Waals surface area contributed by atoms with Crippen LogP contribution in [0.2, 0.25) is 0 Å². The van der Waals surface area contributed by atoms with Crippen molar-refractivity contribution in [2.45, 2.75) is 31.8 Å². The van der Waals surface area contributed by atoms with Gasteiger partial charge in [-0.3, -0.25) is 9.59 Å². The molecule has 0 radical (unpaired) electrons. The number of piperidine rings is 1. The van der Waals surface area contributed by atoms with Gasteiger partial charge in [0.1, 0.15) is 5.58 Å². The number of para-hydroxylation sites is 1. The lowest BCUT2D eigenvalue weighted by atomic mass is 9.92. The topological polar surface area (TPSA) is 71.3 Å². The van der Waals surface area contributed by atoms with Gasteiger partial charge in [0.05, 0.1) is 12.1 Å². The summed E-state index contributed by atoms with van der Waals surface area (Å²) in [4.78, 5) is 24.7. The molecule has 2 amide bonds. The van der Waals surface area contributed by atoms with Crippen LogP contribution in [-0.2, 0) is 4.79 Å². The molecule has 5 nitrogen and oxygen atoms in total. The molecule has 0 bridgehead atoms. The zero-order valence-electron chi connectivity index (χ0n) is 14.5. The number of carbonyl (C=O) groups excluding carboxylic acids is 2. The molecule has 1 fully saturated rings. The highest BCUT2D eigenvalue weighted by Gasteiger charge is 2.32. The molecule has 3 aromatic rings. The van der Waals surface area contributed by atoms with E-state index in [1.807, 2.05) is 61.5 Å². The number of benzene rings is 2. The molecule has 0 saturated carbocycles. The summed E-state index contributed by atoms with van der Waals surface area (Å²) in [6, 6.07) is 16.9. The Morgan fingerprint density at radius 1 is 1.12 bits per heavy atom. The summed E-state index contributed by atoms with van der Waals surface area (Å²) in [5.74, 6) is 0.0833. The molecular weight excluding hydrogens is 328 g/mol. The molecule has 2 heterocycles. The van der Waals surface area contributed by atoms with E-state index in [0.29, 0.717) is 24.2 Å². The second-order valence-electron chi connectivity index (χ2n) is 6.63. The van der Waals surface area contributed by atoms with Gasteiger partial charge < -0.3 is 15.1 Å². The number of fused-ring (bicyclic) bond motifs is 1. The lowest BCUT2D eigenvalue weighted by Gasteiger charge is -2.33. The zero-order chi connectivity index (χ0) is 18.1. The minimum atomic E-state index is -0.249. The van der Waals surface area contributed by atoms with Gasteiger partial charge in [-0.25, -0.2) is 0 Å². The summed E-state index contributed by atoms with van der Waals surface area (Å²) in [6.07, 6.45) is 0.990. The molecule has 26 heavy (non-hydrogen) atoms. The highest BCUT2D eigenvalue weighted by molar-refractivity contribution is 5.99. The maximum atomic E-state index is 12.8. The molecule has 5 heteroatoms. The molecule has 4 rings (SSSR count). The van der Waals surface area contributed by atoms with Gasteiger partial charge in [0.15, 0.2) is 5.76 Å². The van der Waals surface area contributed by atoms with Crippen molar-refractivity contribution in [1.82, 2.24) is 10.6 Å². The molecule has 1 aromatic heterocycles. The van der Waals surface area contributed by atoms with Gasteiger partial charge in [-0.15, -0.1) is 0 Å². The Morgan fingerprint density at radius 2 is 1.85 bits per heavy atom. The highest BCUT2D eigenvalue weighted by Crippen LogP contribution is 2.27. The Hall–Kier alpha value is -3.08. The maximum Gasteiger partial charge on any atom is 0.287 e. The summed E-state index contributed by atoms with van der Waals surface area (Å²) in [5, 5.41) is 6.99. The summed E-state index contributed by atoms with van der Waals surface area (Å²) < 4.78 is 5.76. The van der Waals surface area contributed by atoms with Crippen LogP contribution in [-0.4, -0.2) is 17.9 Å². The van der Waals surface area contributed by atoms with Crippen LogP contribution in [0, 0.1) is 6.92 Å². The van der Waals surface area contributed by atoms with E-state index in [4.69, 9.17) is 4.42 Å². The molecule has 132 valence electrons. The van der Waals surface area contributed by atoms with Crippen molar-refractivity contribution in [3.8, 4) is 0 Å². The predicted octanol–water partition coefficient (Wildman–Crippen LogP) is 3.49. The number of carbonyl (C=O) groups is 2. The molecule has 0 spiro atoms. The Kier molecular flexibility index (Phi) is 4.21. The lowest BCUT2D eigenvalue weighted by molar-refractivity contribution is -0.123. The molecule has 0 unspecified atom stereocenters. The first-order chi connectivity index (χ1) is 12.6. The average molecular weight is 348 g/mol. The smallest absolute Gasteiger partial charge is 0.287 e. The molecule has 0 aliphatic carbocycles. The van der Waals surface area contributed by atoms with Crippen LogP contribution in [0.5, 0.6) is 0 Å². The van der Waals surface area contributed by atoms with Crippen molar-refractivity contribution in [1.29, 1.82) is 0 Å². The average Bonchev–Trinajstić information content (AvgIpc) is 3.01. The number of aryl methyl sites for hydroxylation is 1. The number of hydrogen-bond donors (Lipinski definition) is 2. The summed E-state index contributed by atoms with van der Waals surface area (Å²) in [6.45, 7) is 1.89. The third-order valence-electron chi connectivity index (χ3n) is 4.93. The third-order valence-corrected chi connectivity index (χ3v) is 4.93. The Labute approximate surface area is 151 Å². The van der Waals surface area contributed by atoms with Crippen LogP contribution >= 0.6 is 0 Å². The van der Waals surface area contributed by atoms with Gasteiger partial charge in [0.2, 0.25) is 5.91 Å². The first-order valence-corrected chi connectivity index (χ1v) is 8.77. The van der Waals surface area contributed by atoms with Crippen molar-refractivity contribution >= 4 is 22.8 Å². The quantitative estimate of drug-likeness (QED) is 0.761. The fourth-order valence-corrected chi connectivity index (χ4v) is 3.56. The van der Waals surface area contributed by atoms with E-state index in [1.165, 1.54) is 0 Å². The monoisotopic (exact) mass is 348 g/mol. The van der Waals surface area contributed by atoms with Crippen LogP contribution in [0.1, 0.15) is 40.6 Å². The van der Waals surface area contributed by atoms with Crippen molar-refractivity contribution < 1.29 is 14.0 Å². The molecule has 1 saturated heterocycles. The van der Waals surface area contributed by atoms with Crippen molar-refractivity contribution in [3.63, 3.8) is 0 Å². The number of amides is 2. The second-order valence-corrected chi connectivity index (χ2v) is 6.63. The summed E-state index contributed by atoms with van der Waals surface area (Å²) >= 11 is 0. The largest absolute Gasteiger partial charge is 0.451 e. The second kappa shape index (κ2) is 6.67. The van der Waals surface area contributed by atoms with E-state index in [0.717, 1.165) is 16.5 Å².